The van der Waals surface area contributed by atoms with Gasteiger partial charge in [-0.05, 0) is 38.9 Å². The summed E-state index contributed by atoms with van der Waals surface area (Å²) in [4.78, 5) is 8.87. The fourth-order valence-corrected chi connectivity index (χ4v) is 2.78. The van der Waals surface area contributed by atoms with Crippen LogP contribution in [-0.4, -0.2) is 23.1 Å². The largest absolute Gasteiger partial charge is 0.317 e. The molecular weight excluding hydrogens is 242 g/mol. The van der Waals surface area contributed by atoms with Crippen molar-refractivity contribution in [3.05, 3.63) is 46.2 Å². The Kier molecular flexibility index (Phi) is 4.84. The van der Waals surface area contributed by atoms with Gasteiger partial charge in [-0.2, -0.15) is 0 Å². The monoisotopic (exact) mass is 261 g/mol. The molecule has 0 fully saturated rings. The second-order valence-corrected chi connectivity index (χ2v) is 5.37. The molecule has 2 rings (SSSR count). The van der Waals surface area contributed by atoms with Crippen LogP contribution in [-0.2, 0) is 12.8 Å². The van der Waals surface area contributed by atoms with Crippen molar-refractivity contribution >= 4 is 11.3 Å². The molecule has 0 aliphatic carbocycles. The zero-order chi connectivity index (χ0) is 12.8. The maximum absolute atomic E-state index is 4.52. The van der Waals surface area contributed by atoms with Gasteiger partial charge in [-0.1, -0.05) is 6.07 Å². The Hall–Kier alpha value is -1.26. The van der Waals surface area contributed by atoms with E-state index >= 15 is 0 Å². The van der Waals surface area contributed by atoms with Crippen LogP contribution in [0, 0.1) is 6.92 Å². The summed E-state index contributed by atoms with van der Waals surface area (Å²) in [5.41, 5.74) is 2.28. The molecule has 0 spiro atoms. The van der Waals surface area contributed by atoms with Crippen LogP contribution in [0.5, 0.6) is 0 Å². The second kappa shape index (κ2) is 6.61. The Morgan fingerprint density at radius 1 is 1.39 bits per heavy atom. The Morgan fingerprint density at radius 2 is 2.28 bits per heavy atom. The van der Waals surface area contributed by atoms with Gasteiger partial charge in [0.2, 0.25) is 0 Å². The van der Waals surface area contributed by atoms with Gasteiger partial charge in [-0.3, -0.25) is 4.98 Å². The average molecular weight is 261 g/mol. The summed E-state index contributed by atoms with van der Waals surface area (Å²) < 4.78 is 0. The van der Waals surface area contributed by atoms with Crippen molar-refractivity contribution in [2.45, 2.75) is 32.2 Å². The van der Waals surface area contributed by atoms with E-state index in [2.05, 4.69) is 26.7 Å². The topological polar surface area (TPSA) is 37.8 Å². The number of hydrogen-bond acceptors (Lipinski definition) is 4. The Bertz CT molecular complexity index is 467. The summed E-state index contributed by atoms with van der Waals surface area (Å²) in [6.07, 6.45) is 4.96. The number of thiazole rings is 1. The summed E-state index contributed by atoms with van der Waals surface area (Å²) in [7, 11) is 2.02. The number of rotatable bonds is 6. The molecule has 0 radical (unpaired) electrons. The highest BCUT2D eigenvalue weighted by molar-refractivity contribution is 7.09. The molecule has 0 aliphatic rings. The molecule has 0 amide bonds. The van der Waals surface area contributed by atoms with Crippen LogP contribution < -0.4 is 5.32 Å². The molecule has 3 nitrogen and oxygen atoms in total. The molecule has 1 N–H and O–H groups in total. The predicted molar refractivity (Wildman–Crippen MR) is 76.0 cm³/mol. The maximum atomic E-state index is 4.52. The van der Waals surface area contributed by atoms with Crippen molar-refractivity contribution in [1.29, 1.82) is 0 Å². The van der Waals surface area contributed by atoms with Crippen molar-refractivity contribution in [3.63, 3.8) is 0 Å². The molecule has 2 aromatic heterocycles. The first-order chi connectivity index (χ1) is 8.78. The molecule has 96 valence electrons. The highest BCUT2D eigenvalue weighted by Crippen LogP contribution is 2.13. The normalized spacial score (nSPS) is 12.6. The van der Waals surface area contributed by atoms with Crippen LogP contribution in [0.4, 0.5) is 0 Å². The van der Waals surface area contributed by atoms with Gasteiger partial charge in [0, 0.05) is 35.4 Å². The molecule has 0 aromatic carbocycles. The third-order valence-electron chi connectivity index (χ3n) is 2.97. The lowest BCUT2D eigenvalue weighted by Crippen LogP contribution is -2.28. The summed E-state index contributed by atoms with van der Waals surface area (Å²) in [6.45, 7) is 2.04. The van der Waals surface area contributed by atoms with Crippen LogP contribution >= 0.6 is 11.3 Å². The van der Waals surface area contributed by atoms with Gasteiger partial charge in [-0.25, -0.2) is 4.98 Å². The second-order valence-electron chi connectivity index (χ2n) is 4.43. The molecule has 1 atom stereocenters. The molecule has 18 heavy (non-hydrogen) atoms. The van der Waals surface area contributed by atoms with E-state index < -0.39 is 0 Å². The number of nitrogens with one attached hydrogen (secondary N) is 1. The predicted octanol–water partition coefficient (Wildman–Crippen LogP) is 2.61. The van der Waals surface area contributed by atoms with Gasteiger partial charge in [0.05, 0.1) is 5.01 Å². The summed E-state index contributed by atoms with van der Waals surface area (Å²) in [6, 6.07) is 6.55. The fraction of sp³-hybridized carbons (Fsp3) is 0.429. The molecule has 0 saturated heterocycles. The van der Waals surface area contributed by atoms with Crippen molar-refractivity contribution < 1.29 is 0 Å². The third kappa shape index (κ3) is 3.89. The van der Waals surface area contributed by atoms with Crippen molar-refractivity contribution in [2.75, 3.05) is 7.05 Å². The van der Waals surface area contributed by atoms with Gasteiger partial charge < -0.3 is 5.32 Å². The molecule has 2 heterocycles. The summed E-state index contributed by atoms with van der Waals surface area (Å²) in [5.74, 6) is 0. The van der Waals surface area contributed by atoms with E-state index in [0.29, 0.717) is 6.04 Å². The minimum absolute atomic E-state index is 0.470. The average Bonchev–Trinajstić information content (AvgIpc) is 2.81. The molecule has 0 aliphatic heterocycles. The lowest BCUT2D eigenvalue weighted by molar-refractivity contribution is 0.516. The minimum atomic E-state index is 0.470. The van der Waals surface area contributed by atoms with Crippen LogP contribution in [0.2, 0.25) is 0 Å². The van der Waals surface area contributed by atoms with E-state index in [4.69, 9.17) is 0 Å². The minimum Gasteiger partial charge on any atom is -0.317 e. The number of likely N-dealkylation sites (N-methyl/N-ethyl adjacent to an activating group) is 1. The van der Waals surface area contributed by atoms with E-state index in [-0.39, 0.29) is 0 Å². The number of hydrogen-bond donors (Lipinski definition) is 1. The molecule has 0 saturated carbocycles. The molecular formula is C14H19N3S. The Labute approximate surface area is 112 Å². The smallest absolute Gasteiger partial charge is 0.0943 e. The van der Waals surface area contributed by atoms with E-state index in [1.54, 1.807) is 11.3 Å². The quantitative estimate of drug-likeness (QED) is 0.868. The van der Waals surface area contributed by atoms with E-state index in [9.17, 15) is 0 Å². The third-order valence-corrected chi connectivity index (χ3v) is 3.96. The highest BCUT2D eigenvalue weighted by atomic mass is 32.1. The first-order valence-corrected chi connectivity index (χ1v) is 7.14. The first-order valence-electron chi connectivity index (χ1n) is 6.26. The molecule has 0 bridgehead atoms. The Balaban J connectivity index is 1.86. The summed E-state index contributed by atoms with van der Waals surface area (Å²) >= 11 is 1.75. The summed E-state index contributed by atoms with van der Waals surface area (Å²) in [5, 5.41) is 6.70. The number of pyridine rings is 1. The zero-order valence-electron chi connectivity index (χ0n) is 10.9. The molecule has 1 unspecified atom stereocenters. The van der Waals surface area contributed by atoms with Gasteiger partial charge >= 0.3 is 0 Å². The van der Waals surface area contributed by atoms with E-state index in [1.165, 1.54) is 5.01 Å². The van der Waals surface area contributed by atoms with Crippen LogP contribution in [0.1, 0.15) is 22.8 Å². The van der Waals surface area contributed by atoms with Crippen molar-refractivity contribution in [1.82, 2.24) is 15.3 Å². The molecule has 4 heteroatoms. The van der Waals surface area contributed by atoms with Crippen molar-refractivity contribution in [3.8, 4) is 0 Å². The first kappa shape index (κ1) is 13.2. The number of aromatic nitrogens is 2. The van der Waals surface area contributed by atoms with Crippen LogP contribution in [0.3, 0.4) is 0 Å². The van der Waals surface area contributed by atoms with Crippen LogP contribution in [0.15, 0.2) is 29.8 Å². The van der Waals surface area contributed by atoms with Gasteiger partial charge in [0.1, 0.15) is 0 Å². The Morgan fingerprint density at radius 3 is 2.89 bits per heavy atom. The van der Waals surface area contributed by atoms with E-state index in [0.717, 1.165) is 30.7 Å². The zero-order valence-corrected chi connectivity index (χ0v) is 11.7. The number of aryl methyl sites for hydroxylation is 2. The molecule has 2 aromatic rings. The standard InChI is InChI=1S/C14H19N3S/c1-11-10-18-14(17-11)9-13(15-2)7-6-12-5-3-4-8-16-12/h3-5,8,10,13,15H,6-7,9H2,1-2H3. The lowest BCUT2D eigenvalue weighted by Gasteiger charge is -2.14. The van der Waals surface area contributed by atoms with E-state index in [1.807, 2.05) is 32.3 Å². The fourth-order valence-electron chi connectivity index (χ4n) is 1.92. The van der Waals surface area contributed by atoms with Gasteiger partial charge in [0.25, 0.3) is 0 Å². The maximum Gasteiger partial charge on any atom is 0.0943 e. The number of nitrogens with zero attached hydrogens (tertiary/aromatic N) is 2. The van der Waals surface area contributed by atoms with Gasteiger partial charge in [0.15, 0.2) is 0 Å². The lowest BCUT2D eigenvalue weighted by atomic mass is 10.1. The SMILES string of the molecule is CNC(CCc1ccccn1)Cc1nc(C)cs1. The van der Waals surface area contributed by atoms with Crippen LogP contribution in [0.25, 0.3) is 0 Å². The van der Waals surface area contributed by atoms with Crippen molar-refractivity contribution in [2.24, 2.45) is 0 Å². The highest BCUT2D eigenvalue weighted by Gasteiger charge is 2.10. The van der Waals surface area contributed by atoms with Gasteiger partial charge in [-0.15, -0.1) is 11.3 Å².